The van der Waals surface area contributed by atoms with Gasteiger partial charge in [0.25, 0.3) is 0 Å². The number of hydrogen-bond donors (Lipinski definition) is 3. The number of likely N-dealkylation sites (N-methyl/N-ethyl adjacent to an activating group) is 1. The number of carbonyl (C=O) groups is 2. The minimum atomic E-state index is -1.06. The van der Waals surface area contributed by atoms with Gasteiger partial charge >= 0.3 is 12.0 Å². The minimum Gasteiger partial charge on any atom is -0.480 e. The van der Waals surface area contributed by atoms with Gasteiger partial charge in [0.05, 0.1) is 12.7 Å². The van der Waals surface area contributed by atoms with Crippen LogP contribution in [0.25, 0.3) is 0 Å². The molecule has 7 nitrogen and oxygen atoms in total. The van der Waals surface area contributed by atoms with Crippen LogP contribution < -0.4 is 10.6 Å². The molecule has 1 aliphatic heterocycles. The Bertz CT molecular complexity index is 298. The Morgan fingerprint density at radius 2 is 2.28 bits per heavy atom. The molecule has 1 rings (SSSR count). The molecule has 7 heteroatoms. The molecule has 0 aromatic carbocycles. The van der Waals surface area contributed by atoms with Crippen LogP contribution in [-0.4, -0.2) is 66.9 Å². The molecule has 2 amide bonds. The SMILES string of the molecule is CCN1CCOC(CNC(=O)N[C@H](C)C(=O)O)C1. The molecule has 1 saturated heterocycles. The molecule has 0 aliphatic carbocycles. The lowest BCUT2D eigenvalue weighted by Crippen LogP contribution is -2.50. The normalized spacial score (nSPS) is 22.2. The van der Waals surface area contributed by atoms with Gasteiger partial charge in [0, 0.05) is 19.6 Å². The fourth-order valence-corrected chi connectivity index (χ4v) is 1.71. The summed E-state index contributed by atoms with van der Waals surface area (Å²) in [5, 5.41) is 13.6. The molecule has 0 aromatic heterocycles. The Kier molecular flexibility index (Phi) is 5.87. The van der Waals surface area contributed by atoms with Gasteiger partial charge < -0.3 is 20.5 Å². The molecule has 1 heterocycles. The highest BCUT2D eigenvalue weighted by Gasteiger charge is 2.20. The topological polar surface area (TPSA) is 90.9 Å². The lowest BCUT2D eigenvalue weighted by Gasteiger charge is -2.32. The number of morpholine rings is 1. The summed E-state index contributed by atoms with van der Waals surface area (Å²) in [6.07, 6.45) is -0.0374. The summed E-state index contributed by atoms with van der Waals surface area (Å²) in [6, 6.07) is -1.38. The van der Waals surface area contributed by atoms with Gasteiger partial charge in [-0.2, -0.15) is 0 Å². The summed E-state index contributed by atoms with van der Waals surface area (Å²) >= 11 is 0. The number of hydrogen-bond acceptors (Lipinski definition) is 4. The van der Waals surface area contributed by atoms with Crippen molar-refractivity contribution in [3.63, 3.8) is 0 Å². The van der Waals surface area contributed by atoms with Gasteiger partial charge in [-0.05, 0) is 13.5 Å². The van der Waals surface area contributed by atoms with Gasteiger partial charge in [-0.3, -0.25) is 9.69 Å². The van der Waals surface area contributed by atoms with E-state index in [1.165, 1.54) is 6.92 Å². The van der Waals surface area contributed by atoms with E-state index in [4.69, 9.17) is 9.84 Å². The first-order valence-electron chi connectivity index (χ1n) is 6.14. The van der Waals surface area contributed by atoms with E-state index in [-0.39, 0.29) is 6.10 Å². The van der Waals surface area contributed by atoms with Crippen molar-refractivity contribution in [2.45, 2.75) is 26.0 Å². The zero-order valence-electron chi connectivity index (χ0n) is 10.8. The molecule has 2 atom stereocenters. The van der Waals surface area contributed by atoms with Crippen LogP contribution in [0.2, 0.25) is 0 Å². The summed E-state index contributed by atoms with van der Waals surface area (Å²) in [5.41, 5.74) is 0. The summed E-state index contributed by atoms with van der Waals surface area (Å²) in [5.74, 6) is -1.06. The fourth-order valence-electron chi connectivity index (χ4n) is 1.71. The number of carbonyl (C=O) groups excluding carboxylic acids is 1. The van der Waals surface area contributed by atoms with E-state index in [2.05, 4.69) is 22.5 Å². The van der Waals surface area contributed by atoms with E-state index >= 15 is 0 Å². The molecule has 0 aromatic rings. The number of nitrogens with zero attached hydrogens (tertiary/aromatic N) is 1. The van der Waals surface area contributed by atoms with Crippen molar-refractivity contribution in [3.8, 4) is 0 Å². The van der Waals surface area contributed by atoms with Crippen LogP contribution in [0.3, 0.4) is 0 Å². The summed E-state index contributed by atoms with van der Waals surface area (Å²) in [7, 11) is 0. The largest absolute Gasteiger partial charge is 0.480 e. The van der Waals surface area contributed by atoms with Crippen LogP contribution in [0.5, 0.6) is 0 Å². The van der Waals surface area contributed by atoms with Crippen molar-refractivity contribution >= 4 is 12.0 Å². The molecule has 18 heavy (non-hydrogen) atoms. The smallest absolute Gasteiger partial charge is 0.325 e. The van der Waals surface area contributed by atoms with Gasteiger partial charge in [-0.15, -0.1) is 0 Å². The highest BCUT2D eigenvalue weighted by molar-refractivity contribution is 5.82. The molecule has 0 bridgehead atoms. The van der Waals surface area contributed by atoms with Gasteiger partial charge in [0.2, 0.25) is 0 Å². The molecule has 3 N–H and O–H groups in total. The van der Waals surface area contributed by atoms with Gasteiger partial charge in [0.15, 0.2) is 0 Å². The molecule has 104 valence electrons. The molecule has 0 spiro atoms. The van der Waals surface area contributed by atoms with Crippen LogP contribution in [0, 0.1) is 0 Å². The molecular formula is C11H21N3O4. The van der Waals surface area contributed by atoms with Crippen molar-refractivity contribution in [2.75, 3.05) is 32.8 Å². The Hall–Kier alpha value is -1.34. The fraction of sp³-hybridized carbons (Fsp3) is 0.818. The van der Waals surface area contributed by atoms with Gasteiger partial charge in [-0.1, -0.05) is 6.92 Å². The summed E-state index contributed by atoms with van der Waals surface area (Å²) in [4.78, 5) is 24.2. The Balaban J connectivity index is 2.23. The lowest BCUT2D eigenvalue weighted by atomic mass is 10.2. The maximum absolute atomic E-state index is 11.4. The van der Waals surface area contributed by atoms with E-state index in [9.17, 15) is 9.59 Å². The number of ether oxygens (including phenoxy) is 1. The zero-order valence-corrected chi connectivity index (χ0v) is 10.8. The average molecular weight is 259 g/mol. The molecule has 1 aliphatic rings. The quantitative estimate of drug-likeness (QED) is 0.618. The number of carboxylic acid groups (broad SMARTS) is 1. The van der Waals surface area contributed by atoms with Crippen molar-refractivity contribution in [1.82, 2.24) is 15.5 Å². The van der Waals surface area contributed by atoms with Crippen molar-refractivity contribution in [3.05, 3.63) is 0 Å². The summed E-state index contributed by atoms with van der Waals surface area (Å²) < 4.78 is 5.51. The van der Waals surface area contributed by atoms with Crippen molar-refractivity contribution < 1.29 is 19.4 Å². The predicted octanol–water partition coefficient (Wildman–Crippen LogP) is -0.521. The first-order valence-corrected chi connectivity index (χ1v) is 6.14. The van der Waals surface area contributed by atoms with Crippen molar-refractivity contribution in [1.29, 1.82) is 0 Å². The van der Waals surface area contributed by atoms with Crippen molar-refractivity contribution in [2.24, 2.45) is 0 Å². The van der Waals surface area contributed by atoms with Gasteiger partial charge in [-0.25, -0.2) is 4.79 Å². The van der Waals surface area contributed by atoms with E-state index in [0.717, 1.165) is 19.6 Å². The Morgan fingerprint density at radius 3 is 2.89 bits per heavy atom. The van der Waals surface area contributed by atoms with Crippen LogP contribution in [0.15, 0.2) is 0 Å². The van der Waals surface area contributed by atoms with E-state index in [1.807, 2.05) is 0 Å². The monoisotopic (exact) mass is 259 g/mol. The van der Waals surface area contributed by atoms with Crippen LogP contribution in [0.1, 0.15) is 13.8 Å². The van der Waals surface area contributed by atoms with Crippen LogP contribution in [-0.2, 0) is 9.53 Å². The third kappa shape index (κ3) is 4.89. The van der Waals surface area contributed by atoms with E-state index in [1.54, 1.807) is 0 Å². The third-order valence-electron chi connectivity index (χ3n) is 2.88. The molecule has 1 fully saturated rings. The number of carboxylic acids is 1. The first-order chi connectivity index (χ1) is 8.52. The first kappa shape index (κ1) is 14.7. The second kappa shape index (κ2) is 7.17. The number of urea groups is 1. The summed E-state index contributed by atoms with van der Waals surface area (Å²) in [6.45, 7) is 7.19. The maximum atomic E-state index is 11.4. The minimum absolute atomic E-state index is 0.0374. The maximum Gasteiger partial charge on any atom is 0.325 e. The number of amides is 2. The third-order valence-corrected chi connectivity index (χ3v) is 2.88. The second-order valence-corrected chi connectivity index (χ2v) is 4.30. The molecule has 0 saturated carbocycles. The van der Waals surface area contributed by atoms with Gasteiger partial charge in [0.1, 0.15) is 6.04 Å². The van der Waals surface area contributed by atoms with Crippen LogP contribution >= 0.6 is 0 Å². The number of nitrogens with one attached hydrogen (secondary N) is 2. The second-order valence-electron chi connectivity index (χ2n) is 4.30. The van der Waals surface area contributed by atoms with Crippen LogP contribution in [0.4, 0.5) is 4.79 Å². The predicted molar refractivity (Wildman–Crippen MR) is 65.5 cm³/mol. The lowest BCUT2D eigenvalue weighted by molar-refractivity contribution is -0.138. The standard InChI is InChI=1S/C11H21N3O4/c1-3-14-4-5-18-9(7-14)6-12-11(17)13-8(2)10(15)16/h8-9H,3-7H2,1-2H3,(H,15,16)(H2,12,13,17)/t8-,9?/m1/s1. The molecule has 1 unspecified atom stereocenters. The number of aliphatic carboxylic acids is 1. The number of rotatable bonds is 5. The molecular weight excluding hydrogens is 238 g/mol. The molecule has 0 radical (unpaired) electrons. The highest BCUT2D eigenvalue weighted by Crippen LogP contribution is 2.03. The Morgan fingerprint density at radius 1 is 1.56 bits per heavy atom. The highest BCUT2D eigenvalue weighted by atomic mass is 16.5. The van der Waals surface area contributed by atoms with E-state index < -0.39 is 18.0 Å². The zero-order chi connectivity index (χ0) is 13.5. The van der Waals surface area contributed by atoms with E-state index in [0.29, 0.717) is 13.2 Å². The Labute approximate surface area is 106 Å². The average Bonchev–Trinajstić information content (AvgIpc) is 2.36.